The molecule has 0 aliphatic rings. The van der Waals surface area contributed by atoms with Crippen LogP contribution in [-0.2, 0) is 6.42 Å². The van der Waals surface area contributed by atoms with Gasteiger partial charge in [-0.3, -0.25) is 0 Å². The number of nitrogens with zero attached hydrogens (tertiary/aromatic N) is 1. The Morgan fingerprint density at radius 1 is 1.25 bits per heavy atom. The number of aromatic carboxylic acids is 1. The summed E-state index contributed by atoms with van der Waals surface area (Å²) in [5.74, 6) is -0.747. The third kappa shape index (κ3) is 3.25. The van der Waals surface area contributed by atoms with Crippen molar-refractivity contribution < 1.29 is 9.90 Å². The van der Waals surface area contributed by atoms with Gasteiger partial charge in [0.1, 0.15) is 4.88 Å². The molecule has 0 atom stereocenters. The summed E-state index contributed by atoms with van der Waals surface area (Å²) in [5, 5.41) is 10.1. The van der Waals surface area contributed by atoms with Crippen LogP contribution in [0.2, 0.25) is 0 Å². The Kier molecular flexibility index (Phi) is 4.23. The van der Waals surface area contributed by atoms with Crippen molar-refractivity contribution in [3.63, 3.8) is 0 Å². The van der Waals surface area contributed by atoms with Crippen LogP contribution < -0.4 is 0 Å². The monoisotopic (exact) mass is 289 g/mol. The summed E-state index contributed by atoms with van der Waals surface area (Å²) in [6, 6.07) is 6.39. The van der Waals surface area contributed by atoms with E-state index in [4.69, 9.17) is 0 Å². The van der Waals surface area contributed by atoms with E-state index in [0.29, 0.717) is 17.0 Å². The van der Waals surface area contributed by atoms with Crippen molar-refractivity contribution in [1.82, 2.24) is 4.98 Å². The van der Waals surface area contributed by atoms with Gasteiger partial charge in [0.2, 0.25) is 0 Å². The molecule has 1 N–H and O–H groups in total. The molecule has 0 fully saturated rings. The molecule has 0 aliphatic heterocycles. The average Bonchev–Trinajstić information content (AvgIpc) is 2.71. The lowest BCUT2D eigenvalue weighted by molar-refractivity contribution is 0.0700. The highest BCUT2D eigenvalue weighted by atomic mass is 32.1. The van der Waals surface area contributed by atoms with Gasteiger partial charge in [0.15, 0.2) is 0 Å². The second-order valence-electron chi connectivity index (χ2n) is 5.45. The molecule has 1 heterocycles. The zero-order chi connectivity index (χ0) is 14.9. The molecule has 106 valence electrons. The summed E-state index contributed by atoms with van der Waals surface area (Å²) < 4.78 is 0. The van der Waals surface area contributed by atoms with E-state index in [1.54, 1.807) is 0 Å². The van der Waals surface area contributed by atoms with Crippen LogP contribution in [0.3, 0.4) is 0 Å². The van der Waals surface area contributed by atoms with Gasteiger partial charge in [-0.25, -0.2) is 9.78 Å². The van der Waals surface area contributed by atoms with E-state index < -0.39 is 5.97 Å². The average molecular weight is 289 g/mol. The number of hydrogen-bond acceptors (Lipinski definition) is 3. The van der Waals surface area contributed by atoms with Crippen LogP contribution in [0.1, 0.15) is 56.8 Å². The predicted molar refractivity (Wildman–Crippen MR) is 81.9 cm³/mol. The van der Waals surface area contributed by atoms with Crippen LogP contribution >= 0.6 is 11.3 Å². The van der Waals surface area contributed by atoms with Gasteiger partial charge >= 0.3 is 5.97 Å². The summed E-state index contributed by atoms with van der Waals surface area (Å²) in [5.41, 5.74) is 4.32. The molecule has 0 spiro atoms. The summed E-state index contributed by atoms with van der Waals surface area (Å²) in [6.45, 7) is 8.09. The number of rotatable bonds is 4. The van der Waals surface area contributed by atoms with E-state index in [2.05, 4.69) is 37.0 Å². The predicted octanol–water partition coefficient (Wildman–Crippen LogP) is 4.17. The van der Waals surface area contributed by atoms with Gasteiger partial charge in [0, 0.05) is 6.42 Å². The second kappa shape index (κ2) is 5.75. The Morgan fingerprint density at radius 2 is 1.85 bits per heavy atom. The minimum absolute atomic E-state index is 0.130. The van der Waals surface area contributed by atoms with Crippen molar-refractivity contribution >= 4 is 17.3 Å². The summed E-state index contributed by atoms with van der Waals surface area (Å²) >= 11 is 1.29. The van der Waals surface area contributed by atoms with E-state index in [-0.39, 0.29) is 5.92 Å². The molecule has 0 saturated heterocycles. The van der Waals surface area contributed by atoms with Crippen molar-refractivity contribution in [2.45, 2.75) is 40.0 Å². The zero-order valence-corrected chi connectivity index (χ0v) is 13.0. The largest absolute Gasteiger partial charge is 0.477 e. The molecule has 0 radical (unpaired) electrons. The first-order valence-electron chi connectivity index (χ1n) is 6.67. The van der Waals surface area contributed by atoms with Crippen molar-refractivity contribution in [1.29, 1.82) is 0 Å². The van der Waals surface area contributed by atoms with Crippen LogP contribution in [-0.4, -0.2) is 16.1 Å². The van der Waals surface area contributed by atoms with Crippen molar-refractivity contribution in [3.8, 4) is 0 Å². The molecular formula is C16H19NO2S. The lowest BCUT2D eigenvalue weighted by Crippen LogP contribution is -2.00. The number of carbonyl (C=O) groups is 1. The Morgan fingerprint density at radius 3 is 2.30 bits per heavy atom. The first-order valence-corrected chi connectivity index (χ1v) is 7.48. The number of thiazole rings is 1. The van der Waals surface area contributed by atoms with Gasteiger partial charge in [0.05, 0.1) is 10.7 Å². The molecule has 2 rings (SSSR count). The van der Waals surface area contributed by atoms with E-state index in [9.17, 15) is 9.90 Å². The van der Waals surface area contributed by atoms with Gasteiger partial charge in [0.25, 0.3) is 0 Å². The molecule has 0 amide bonds. The second-order valence-corrected chi connectivity index (χ2v) is 6.54. The zero-order valence-electron chi connectivity index (χ0n) is 12.2. The number of aromatic nitrogens is 1. The quantitative estimate of drug-likeness (QED) is 0.919. The lowest BCUT2D eigenvalue weighted by atomic mass is 10.1. The molecule has 0 saturated carbocycles. The highest BCUT2D eigenvalue weighted by molar-refractivity contribution is 7.13. The smallest absolute Gasteiger partial charge is 0.347 e. The fraction of sp³-hybridized carbons (Fsp3) is 0.375. The summed E-state index contributed by atoms with van der Waals surface area (Å²) in [6.07, 6.45) is 0.695. The third-order valence-corrected chi connectivity index (χ3v) is 4.13. The molecule has 3 nitrogen and oxygen atoms in total. The van der Waals surface area contributed by atoms with E-state index in [0.717, 1.165) is 5.01 Å². The van der Waals surface area contributed by atoms with Crippen LogP contribution in [0.5, 0.6) is 0 Å². The number of hydrogen-bond donors (Lipinski definition) is 1. The highest BCUT2D eigenvalue weighted by Gasteiger charge is 2.19. The van der Waals surface area contributed by atoms with E-state index >= 15 is 0 Å². The Hall–Kier alpha value is -1.68. The minimum Gasteiger partial charge on any atom is -0.477 e. The number of aryl methyl sites for hydroxylation is 2. The molecule has 0 bridgehead atoms. The summed E-state index contributed by atoms with van der Waals surface area (Å²) in [4.78, 5) is 16.2. The van der Waals surface area contributed by atoms with Gasteiger partial charge in [-0.1, -0.05) is 43.2 Å². The van der Waals surface area contributed by atoms with Crippen LogP contribution in [0.15, 0.2) is 18.2 Å². The minimum atomic E-state index is -0.877. The maximum Gasteiger partial charge on any atom is 0.347 e. The van der Waals surface area contributed by atoms with Gasteiger partial charge < -0.3 is 5.11 Å². The van der Waals surface area contributed by atoms with Gasteiger partial charge in [-0.05, 0) is 25.3 Å². The van der Waals surface area contributed by atoms with Crippen LogP contribution in [0.4, 0.5) is 0 Å². The Labute approximate surface area is 123 Å². The fourth-order valence-electron chi connectivity index (χ4n) is 2.34. The standard InChI is InChI=1S/C16H19NO2S/c1-9(2)14-15(16(18)19)20-13(17-14)8-12-6-10(3)5-11(4)7-12/h5-7,9H,8H2,1-4H3,(H,18,19). The Bertz CT molecular complexity index is 624. The molecule has 1 aromatic carbocycles. The maximum absolute atomic E-state index is 11.3. The maximum atomic E-state index is 11.3. The third-order valence-electron chi connectivity index (χ3n) is 3.08. The molecule has 4 heteroatoms. The van der Waals surface area contributed by atoms with E-state index in [1.807, 2.05) is 13.8 Å². The molecular weight excluding hydrogens is 270 g/mol. The topological polar surface area (TPSA) is 50.2 Å². The van der Waals surface area contributed by atoms with Crippen molar-refractivity contribution in [3.05, 3.63) is 50.5 Å². The van der Waals surface area contributed by atoms with Crippen molar-refractivity contribution in [2.75, 3.05) is 0 Å². The van der Waals surface area contributed by atoms with Crippen LogP contribution in [0.25, 0.3) is 0 Å². The molecule has 0 aliphatic carbocycles. The number of carboxylic acids is 1. The van der Waals surface area contributed by atoms with Gasteiger partial charge in [-0.2, -0.15) is 0 Å². The first kappa shape index (κ1) is 14.7. The number of carboxylic acid groups (broad SMARTS) is 1. The molecule has 0 unspecified atom stereocenters. The van der Waals surface area contributed by atoms with Crippen molar-refractivity contribution in [2.24, 2.45) is 0 Å². The van der Waals surface area contributed by atoms with Crippen LogP contribution in [0, 0.1) is 13.8 Å². The molecule has 2 aromatic rings. The lowest BCUT2D eigenvalue weighted by Gasteiger charge is -2.03. The highest BCUT2D eigenvalue weighted by Crippen LogP contribution is 2.27. The fourth-order valence-corrected chi connectivity index (χ4v) is 3.44. The summed E-state index contributed by atoms with van der Waals surface area (Å²) in [7, 11) is 0. The number of benzene rings is 1. The molecule has 1 aromatic heterocycles. The van der Waals surface area contributed by atoms with E-state index in [1.165, 1.54) is 28.0 Å². The molecule has 20 heavy (non-hydrogen) atoms. The van der Waals surface area contributed by atoms with Gasteiger partial charge in [-0.15, -0.1) is 11.3 Å². The first-order chi connectivity index (χ1) is 9.36. The Balaban J connectivity index is 2.34. The normalized spacial score (nSPS) is 11.1. The SMILES string of the molecule is Cc1cc(C)cc(Cc2nc(C(C)C)c(C(=O)O)s2)c1.